The molecule has 59 heavy (non-hydrogen) atoms. The summed E-state index contributed by atoms with van der Waals surface area (Å²) >= 11 is 0. The summed E-state index contributed by atoms with van der Waals surface area (Å²) in [6.45, 7) is 11.1. The van der Waals surface area contributed by atoms with Gasteiger partial charge in [0, 0.05) is 17.5 Å². The first-order valence-electron chi connectivity index (χ1n) is 20.5. The van der Waals surface area contributed by atoms with Crippen LogP contribution in [-0.4, -0.2) is 89.8 Å². The maximum atomic E-state index is 14.7. The Morgan fingerprint density at radius 2 is 1.75 bits per heavy atom. The molecule has 3 fully saturated rings. The second-order valence-corrected chi connectivity index (χ2v) is 20.3. The predicted octanol–water partition coefficient (Wildman–Crippen LogP) is 5.62. The summed E-state index contributed by atoms with van der Waals surface area (Å²) in [4.78, 5) is 71.9. The van der Waals surface area contributed by atoms with Crippen molar-refractivity contribution >= 4 is 56.8 Å². The van der Waals surface area contributed by atoms with Gasteiger partial charge in [-0.2, -0.15) is 0 Å². The second kappa shape index (κ2) is 15.8. The fourth-order valence-electron chi connectivity index (χ4n) is 8.28. The van der Waals surface area contributed by atoms with E-state index in [1.807, 2.05) is 79.9 Å². The van der Waals surface area contributed by atoms with E-state index in [9.17, 15) is 32.4 Å². The van der Waals surface area contributed by atoms with Crippen molar-refractivity contribution in [3.8, 4) is 5.69 Å². The molecule has 14 nitrogen and oxygen atoms in total. The molecule has 4 aliphatic rings. The highest BCUT2D eigenvalue weighted by Gasteiger charge is 2.62. The highest BCUT2D eigenvalue weighted by atomic mass is 32.2. The third kappa shape index (κ3) is 8.76. The number of esters is 1. The Morgan fingerprint density at radius 3 is 2.41 bits per heavy atom. The summed E-state index contributed by atoms with van der Waals surface area (Å²) in [5.74, 6) is -3.11. The molecule has 7 rings (SSSR count). The van der Waals surface area contributed by atoms with Crippen molar-refractivity contribution < 1.29 is 41.9 Å². The van der Waals surface area contributed by atoms with Crippen LogP contribution >= 0.6 is 0 Å². The van der Waals surface area contributed by atoms with E-state index in [4.69, 9.17) is 9.47 Å². The van der Waals surface area contributed by atoms with Gasteiger partial charge < -0.3 is 29.6 Å². The quantitative estimate of drug-likeness (QED) is 0.255. The molecule has 1 saturated heterocycles. The van der Waals surface area contributed by atoms with Crippen molar-refractivity contribution in [2.45, 2.75) is 115 Å². The number of aromatic nitrogens is 1. The average molecular weight is 830 g/mol. The number of carbonyl (C=O) groups is 5. The number of para-hydroxylation sites is 1. The van der Waals surface area contributed by atoms with Gasteiger partial charge in [0.25, 0.3) is 5.91 Å². The molecule has 0 spiro atoms. The van der Waals surface area contributed by atoms with Crippen molar-refractivity contribution in [2.75, 3.05) is 13.2 Å². The lowest BCUT2D eigenvalue weighted by Crippen LogP contribution is -2.60. The van der Waals surface area contributed by atoms with Gasteiger partial charge in [0.2, 0.25) is 21.8 Å². The maximum absolute atomic E-state index is 14.7. The minimum atomic E-state index is -3.91. The van der Waals surface area contributed by atoms with Gasteiger partial charge in [0.15, 0.2) is 0 Å². The Labute approximate surface area is 345 Å². The van der Waals surface area contributed by atoms with Crippen LogP contribution in [0, 0.1) is 16.7 Å². The monoisotopic (exact) mass is 829 g/mol. The van der Waals surface area contributed by atoms with Gasteiger partial charge in [-0.15, -0.1) is 0 Å². The molecular formula is C44H55N5O9S. The zero-order valence-electron chi connectivity index (χ0n) is 34.6. The van der Waals surface area contributed by atoms with Gasteiger partial charge in [-0.25, -0.2) is 18.0 Å². The molecule has 2 aliphatic heterocycles. The maximum Gasteiger partial charge on any atom is 0.407 e. The average Bonchev–Trinajstić information content (AvgIpc) is 4.08. The minimum Gasteiger partial charge on any atom is -0.456 e. The number of ether oxygens (including phenoxy) is 2. The normalized spacial score (nSPS) is 27.0. The summed E-state index contributed by atoms with van der Waals surface area (Å²) in [6.07, 6.45) is 5.19. The van der Waals surface area contributed by atoms with Crippen LogP contribution in [0.2, 0.25) is 0 Å². The van der Waals surface area contributed by atoms with E-state index in [2.05, 4.69) is 21.4 Å². The summed E-state index contributed by atoms with van der Waals surface area (Å²) in [7, 11) is -3.91. The van der Waals surface area contributed by atoms with E-state index in [1.54, 1.807) is 26.8 Å². The summed E-state index contributed by atoms with van der Waals surface area (Å²) in [5.41, 5.74) is -0.102. The lowest BCUT2D eigenvalue weighted by molar-refractivity contribution is -0.143. The van der Waals surface area contributed by atoms with Crippen LogP contribution in [-0.2, 0) is 33.9 Å². The van der Waals surface area contributed by atoms with Crippen LogP contribution in [0.5, 0.6) is 0 Å². The topological polar surface area (TPSA) is 182 Å². The standard InChI is InChI=1S/C44H55N5O9S/c1-7-28-24-44(28,40(53)47-59(55,56)31-19-20-31)46-37(50)34-22-30-25-48(34)38(51)36(42(2,3)4)45-41(54)57-26-43(5,6)21-12-11-14-27-15-13-18-33-32(27)23-35(39(52)58-30)49(33)29-16-9-8-10-17-29/h8-11,13-18,23,28,30-31,34,36H,7,12,19-22,24-26H2,1-6H3,(H,45,54)(H,46,50)(H,47,53)/b14-11+/t28-,30-,34+,36-,44-/m1/s1. The lowest BCUT2D eigenvalue weighted by atomic mass is 9.85. The first kappa shape index (κ1) is 42.0. The van der Waals surface area contributed by atoms with Gasteiger partial charge >= 0.3 is 12.1 Å². The molecule has 316 valence electrons. The number of hydrogen-bond acceptors (Lipinski definition) is 9. The van der Waals surface area contributed by atoms with E-state index in [0.29, 0.717) is 32.1 Å². The number of allylic oxidation sites excluding steroid dienone is 1. The fourth-order valence-corrected chi connectivity index (χ4v) is 9.64. The van der Waals surface area contributed by atoms with Gasteiger partial charge in [0.1, 0.15) is 29.4 Å². The number of carbonyl (C=O) groups excluding carboxylic acids is 5. The number of sulfonamides is 1. The van der Waals surface area contributed by atoms with Crippen molar-refractivity contribution in [1.29, 1.82) is 0 Å². The van der Waals surface area contributed by atoms with Crippen LogP contribution < -0.4 is 15.4 Å². The number of hydrogen-bond donors (Lipinski definition) is 3. The molecule has 3 heterocycles. The van der Waals surface area contributed by atoms with E-state index in [1.165, 1.54) is 4.90 Å². The minimum absolute atomic E-state index is 0.0859. The molecule has 2 aliphatic carbocycles. The van der Waals surface area contributed by atoms with Gasteiger partial charge in [-0.3, -0.25) is 19.1 Å². The number of alkyl carbamates (subject to hydrolysis) is 1. The number of nitrogens with zero attached hydrogens (tertiary/aromatic N) is 2. The Kier molecular flexibility index (Phi) is 11.2. The van der Waals surface area contributed by atoms with Crippen LogP contribution in [0.3, 0.4) is 0 Å². The van der Waals surface area contributed by atoms with Crippen molar-refractivity contribution in [3.05, 3.63) is 71.9 Å². The summed E-state index contributed by atoms with van der Waals surface area (Å²) in [5, 5.41) is 5.77. The molecule has 3 aromatic rings. The van der Waals surface area contributed by atoms with Crippen LogP contribution in [0.1, 0.15) is 103 Å². The molecule has 3 N–H and O–H groups in total. The summed E-state index contributed by atoms with van der Waals surface area (Å²) < 4.78 is 41.5. The molecule has 5 atom stereocenters. The molecule has 0 unspecified atom stereocenters. The Balaban J connectivity index is 1.26. The highest BCUT2D eigenvalue weighted by Crippen LogP contribution is 2.47. The van der Waals surface area contributed by atoms with Crippen LogP contribution in [0.15, 0.2) is 60.7 Å². The Morgan fingerprint density at radius 1 is 1.02 bits per heavy atom. The predicted molar refractivity (Wildman–Crippen MR) is 222 cm³/mol. The number of benzene rings is 2. The third-order valence-corrected chi connectivity index (χ3v) is 13.8. The third-order valence-electron chi connectivity index (χ3n) is 12.0. The molecular weight excluding hydrogens is 775 g/mol. The van der Waals surface area contributed by atoms with Crippen molar-refractivity contribution in [2.24, 2.45) is 16.7 Å². The zero-order chi connectivity index (χ0) is 42.5. The van der Waals surface area contributed by atoms with Gasteiger partial charge in [0.05, 0.1) is 23.9 Å². The fraction of sp³-hybridized carbons (Fsp3) is 0.523. The van der Waals surface area contributed by atoms with Gasteiger partial charge in [-0.05, 0) is 78.7 Å². The van der Waals surface area contributed by atoms with Gasteiger partial charge in [-0.1, -0.05) is 90.4 Å². The number of cyclic esters (lactones) is 1. The molecule has 4 bridgehead atoms. The largest absolute Gasteiger partial charge is 0.456 e. The number of nitrogens with one attached hydrogen (secondary N) is 3. The van der Waals surface area contributed by atoms with E-state index < -0.39 is 79.6 Å². The second-order valence-electron chi connectivity index (χ2n) is 18.3. The number of fused-ring (bicyclic) bond motifs is 3. The SMILES string of the molecule is CC[C@@H]1C[C@]1(NC(=O)[C@@H]1C[C@@H]2CN1C(=O)[C@H](C(C)(C)C)NC(=O)OCC(C)(C)CC/C=C/c1cccc3c1cc(n3-c1ccccc1)C(=O)O2)C(=O)NS(=O)(=O)C1CC1. The molecule has 2 aromatic carbocycles. The van der Waals surface area contributed by atoms with E-state index in [-0.39, 0.29) is 37.6 Å². The first-order chi connectivity index (χ1) is 27.8. The smallest absolute Gasteiger partial charge is 0.407 e. The first-order valence-corrected chi connectivity index (χ1v) is 22.1. The molecule has 15 heteroatoms. The Hall–Kier alpha value is -5.18. The molecule has 4 amide bonds. The van der Waals surface area contributed by atoms with E-state index >= 15 is 0 Å². The van der Waals surface area contributed by atoms with Crippen molar-refractivity contribution in [3.63, 3.8) is 0 Å². The molecule has 1 aromatic heterocycles. The lowest BCUT2D eigenvalue weighted by Gasteiger charge is -2.35. The highest BCUT2D eigenvalue weighted by molar-refractivity contribution is 7.91. The zero-order valence-corrected chi connectivity index (χ0v) is 35.4. The summed E-state index contributed by atoms with van der Waals surface area (Å²) in [6, 6.07) is 14.7. The van der Waals surface area contributed by atoms with Crippen LogP contribution in [0.4, 0.5) is 4.79 Å². The van der Waals surface area contributed by atoms with Crippen molar-refractivity contribution in [1.82, 2.24) is 24.8 Å². The van der Waals surface area contributed by atoms with E-state index in [0.717, 1.165) is 22.2 Å². The molecule has 2 saturated carbocycles. The number of amides is 4. The Bertz CT molecular complexity index is 2290. The van der Waals surface area contributed by atoms with Crippen LogP contribution in [0.25, 0.3) is 22.7 Å². The molecule has 0 radical (unpaired) electrons. The number of rotatable bonds is 7.